The summed E-state index contributed by atoms with van der Waals surface area (Å²) in [4.78, 5) is 12.4. The van der Waals surface area contributed by atoms with Crippen molar-refractivity contribution < 1.29 is 9.53 Å². The fraction of sp³-hybridized carbons (Fsp3) is 0. The Morgan fingerprint density at radius 3 is 1.67 bits per heavy atom. The van der Waals surface area contributed by atoms with Crippen LogP contribution in [0, 0.1) is 0 Å². The van der Waals surface area contributed by atoms with Gasteiger partial charge in [-0.1, -0.05) is 61.2 Å². The Labute approximate surface area is 178 Å². The Balaban J connectivity index is 1.57. The lowest BCUT2D eigenvalue weighted by molar-refractivity contribution is 0.0735. The molecule has 0 aliphatic heterocycles. The standard InChI is InChI=1S/C27H21O2Si/c1-2-21-13-15-22(16-14-21)27(28)29-23-17-19-26(20-18-23)30(24-9-5-3-6-10-24)25-11-7-4-8-12-25/h2-20H,1H2/q+1. The van der Waals surface area contributed by atoms with E-state index in [1.807, 2.05) is 36.4 Å². The number of benzene rings is 4. The third-order valence-corrected chi connectivity index (χ3v) is 7.59. The number of hydrogen-bond donors (Lipinski definition) is 0. The molecular weight excluding hydrogens is 384 g/mol. The fourth-order valence-corrected chi connectivity index (χ4v) is 5.87. The van der Waals surface area contributed by atoms with Crippen LogP contribution in [0.5, 0.6) is 5.75 Å². The predicted molar refractivity (Wildman–Crippen MR) is 125 cm³/mol. The molecule has 0 heterocycles. The first-order valence-electron chi connectivity index (χ1n) is 9.77. The molecule has 0 saturated carbocycles. The topological polar surface area (TPSA) is 26.3 Å². The minimum absolute atomic E-state index is 0.366. The van der Waals surface area contributed by atoms with Crippen LogP contribution in [-0.4, -0.2) is 14.8 Å². The molecule has 0 atom stereocenters. The Bertz CT molecular complexity index is 1080. The molecule has 0 fully saturated rings. The monoisotopic (exact) mass is 405 g/mol. The maximum atomic E-state index is 12.4. The molecule has 0 amide bonds. The van der Waals surface area contributed by atoms with E-state index < -0.39 is 8.80 Å². The van der Waals surface area contributed by atoms with Crippen LogP contribution in [0.4, 0.5) is 0 Å². The van der Waals surface area contributed by atoms with Crippen LogP contribution in [-0.2, 0) is 0 Å². The zero-order chi connectivity index (χ0) is 20.8. The molecule has 0 radical (unpaired) electrons. The van der Waals surface area contributed by atoms with Crippen LogP contribution in [0.2, 0.25) is 0 Å². The summed E-state index contributed by atoms with van der Waals surface area (Å²) >= 11 is 0. The van der Waals surface area contributed by atoms with E-state index in [1.54, 1.807) is 18.2 Å². The lowest BCUT2D eigenvalue weighted by Gasteiger charge is -2.06. The highest BCUT2D eigenvalue weighted by Crippen LogP contribution is 2.13. The highest BCUT2D eigenvalue weighted by atomic mass is 28.3. The summed E-state index contributed by atoms with van der Waals surface area (Å²) < 4.78 is 5.57. The van der Waals surface area contributed by atoms with Crippen molar-refractivity contribution in [2.45, 2.75) is 0 Å². The van der Waals surface area contributed by atoms with E-state index in [-0.39, 0.29) is 5.97 Å². The summed E-state index contributed by atoms with van der Waals surface area (Å²) in [6.45, 7) is 3.73. The van der Waals surface area contributed by atoms with Gasteiger partial charge in [0.05, 0.1) is 5.56 Å². The van der Waals surface area contributed by atoms with Crippen LogP contribution in [0.1, 0.15) is 15.9 Å². The molecule has 144 valence electrons. The third-order valence-electron chi connectivity index (χ3n) is 4.86. The summed E-state index contributed by atoms with van der Waals surface area (Å²) in [5.74, 6) is 0.175. The molecule has 4 aromatic carbocycles. The highest BCUT2D eigenvalue weighted by molar-refractivity contribution is 6.95. The van der Waals surface area contributed by atoms with Gasteiger partial charge >= 0.3 is 14.8 Å². The zero-order valence-electron chi connectivity index (χ0n) is 16.5. The van der Waals surface area contributed by atoms with Crippen LogP contribution >= 0.6 is 0 Å². The van der Waals surface area contributed by atoms with Crippen LogP contribution < -0.4 is 20.3 Å². The number of rotatable bonds is 6. The molecule has 0 aliphatic rings. The Morgan fingerprint density at radius 2 is 1.17 bits per heavy atom. The van der Waals surface area contributed by atoms with Gasteiger partial charge in [0, 0.05) is 0 Å². The zero-order valence-corrected chi connectivity index (χ0v) is 17.5. The average Bonchev–Trinajstić information content (AvgIpc) is 2.82. The van der Waals surface area contributed by atoms with E-state index in [1.165, 1.54) is 15.6 Å². The molecule has 3 heteroatoms. The second-order valence-electron chi connectivity index (χ2n) is 6.85. The summed E-state index contributed by atoms with van der Waals surface area (Å²) in [5.41, 5.74) is 1.48. The van der Waals surface area contributed by atoms with Crippen molar-refractivity contribution in [2.24, 2.45) is 0 Å². The van der Waals surface area contributed by atoms with E-state index in [2.05, 4.69) is 67.2 Å². The quantitative estimate of drug-likeness (QED) is 0.209. The normalized spacial score (nSPS) is 10.3. The number of ether oxygens (including phenoxy) is 1. The Hall–Kier alpha value is -3.69. The molecule has 4 aromatic rings. The van der Waals surface area contributed by atoms with Gasteiger partial charge in [-0.3, -0.25) is 0 Å². The maximum absolute atomic E-state index is 12.4. The van der Waals surface area contributed by atoms with Gasteiger partial charge in [0.25, 0.3) is 0 Å². The predicted octanol–water partition coefficient (Wildman–Crippen LogP) is 4.07. The first-order chi connectivity index (χ1) is 14.7. The summed E-state index contributed by atoms with van der Waals surface area (Å²) in [7, 11) is -1.13. The van der Waals surface area contributed by atoms with Crippen molar-refractivity contribution in [1.82, 2.24) is 0 Å². The summed E-state index contributed by atoms with van der Waals surface area (Å²) in [6, 6.07) is 36.2. The van der Waals surface area contributed by atoms with E-state index in [9.17, 15) is 4.79 Å². The van der Waals surface area contributed by atoms with Gasteiger partial charge in [-0.25, -0.2) is 4.79 Å². The summed E-state index contributed by atoms with van der Waals surface area (Å²) in [5, 5.41) is 3.88. The Kier molecular flexibility index (Phi) is 6.02. The van der Waals surface area contributed by atoms with Gasteiger partial charge in [-0.05, 0) is 66.2 Å². The molecular formula is C27H21O2Si+. The van der Waals surface area contributed by atoms with E-state index >= 15 is 0 Å². The van der Waals surface area contributed by atoms with Crippen LogP contribution in [0.25, 0.3) is 6.08 Å². The molecule has 0 aliphatic carbocycles. The lowest BCUT2D eigenvalue weighted by Crippen LogP contribution is -2.51. The molecule has 0 unspecified atom stereocenters. The van der Waals surface area contributed by atoms with Gasteiger partial charge in [-0.15, -0.1) is 0 Å². The highest BCUT2D eigenvalue weighted by Gasteiger charge is 2.35. The second kappa shape index (κ2) is 9.20. The first-order valence-corrected chi connectivity index (χ1v) is 11.3. The third kappa shape index (κ3) is 4.48. The number of esters is 1. The Morgan fingerprint density at radius 1 is 0.667 bits per heavy atom. The summed E-state index contributed by atoms with van der Waals surface area (Å²) in [6.07, 6.45) is 1.74. The maximum Gasteiger partial charge on any atom is 0.428 e. The van der Waals surface area contributed by atoms with Crippen molar-refractivity contribution in [3.63, 3.8) is 0 Å². The largest absolute Gasteiger partial charge is 0.428 e. The SMILES string of the molecule is C=Cc1ccc(C(=O)Oc2ccc([Si+](c3ccccc3)c3ccccc3)cc2)cc1. The molecule has 0 aromatic heterocycles. The van der Waals surface area contributed by atoms with Gasteiger partial charge in [0.15, 0.2) is 0 Å². The van der Waals surface area contributed by atoms with Crippen molar-refractivity contribution in [3.05, 3.63) is 127 Å². The number of hydrogen-bond acceptors (Lipinski definition) is 2. The molecule has 2 nitrogen and oxygen atoms in total. The minimum atomic E-state index is -1.13. The lowest BCUT2D eigenvalue weighted by atomic mass is 10.1. The van der Waals surface area contributed by atoms with Crippen molar-refractivity contribution in [2.75, 3.05) is 0 Å². The van der Waals surface area contributed by atoms with Crippen LogP contribution in [0.15, 0.2) is 116 Å². The van der Waals surface area contributed by atoms with E-state index in [0.717, 1.165) is 5.56 Å². The smallest absolute Gasteiger partial charge is 0.423 e. The van der Waals surface area contributed by atoms with E-state index in [0.29, 0.717) is 11.3 Å². The molecule has 30 heavy (non-hydrogen) atoms. The van der Waals surface area contributed by atoms with Gasteiger partial charge < -0.3 is 4.74 Å². The molecule has 0 bridgehead atoms. The molecule has 0 N–H and O–H groups in total. The van der Waals surface area contributed by atoms with Gasteiger partial charge in [0.2, 0.25) is 0 Å². The van der Waals surface area contributed by atoms with E-state index in [4.69, 9.17) is 4.74 Å². The first kappa shape index (κ1) is 19.6. The van der Waals surface area contributed by atoms with Gasteiger partial charge in [0.1, 0.15) is 21.3 Å². The van der Waals surface area contributed by atoms with Gasteiger partial charge in [-0.2, -0.15) is 0 Å². The van der Waals surface area contributed by atoms with Crippen molar-refractivity contribution >= 4 is 36.4 Å². The number of carbonyl (C=O) groups excluding carboxylic acids is 1. The second-order valence-corrected chi connectivity index (χ2v) is 9.33. The minimum Gasteiger partial charge on any atom is -0.423 e. The fourth-order valence-electron chi connectivity index (χ4n) is 3.32. The molecule has 0 spiro atoms. The average molecular weight is 406 g/mol. The van der Waals surface area contributed by atoms with Crippen molar-refractivity contribution in [1.29, 1.82) is 0 Å². The van der Waals surface area contributed by atoms with Crippen molar-refractivity contribution in [3.8, 4) is 5.75 Å². The molecule has 4 rings (SSSR count). The molecule has 0 saturated heterocycles. The van der Waals surface area contributed by atoms with Crippen LogP contribution in [0.3, 0.4) is 0 Å². The number of carbonyl (C=O) groups is 1.